The number of aliphatic imine (C=N–C) groups is 13. The van der Waals surface area contributed by atoms with Crippen LogP contribution in [0.5, 0.6) is 0 Å². The van der Waals surface area contributed by atoms with E-state index in [2.05, 4.69) is 76.8 Å². The van der Waals surface area contributed by atoms with Gasteiger partial charge in [-0.15, -0.1) is 0 Å². The van der Waals surface area contributed by atoms with Gasteiger partial charge in [-0.2, -0.15) is 0 Å². The van der Waals surface area contributed by atoms with E-state index in [0.717, 1.165) is 59.3 Å². The number of carbonyl (C=O) groups is 6. The molecule has 25 N–H and O–H groups in total. The summed E-state index contributed by atoms with van der Waals surface area (Å²) in [4.78, 5) is 132. The summed E-state index contributed by atoms with van der Waals surface area (Å²) in [6, 6.07) is -10.1. The fraction of sp³-hybridized carbons (Fsp3) is 0.528. The lowest BCUT2D eigenvalue weighted by Crippen LogP contribution is -2.40. The van der Waals surface area contributed by atoms with E-state index in [1.54, 1.807) is 30.5 Å². The number of nitrogens with zero attached hydrogens (tertiary/aromatic N) is 13. The maximum Gasteiger partial charge on any atom is 0.331 e. The summed E-state index contributed by atoms with van der Waals surface area (Å²) >= 11 is 0. The molecule has 1 aromatic heterocycles. The highest BCUT2D eigenvalue weighted by molar-refractivity contribution is 6.04. The number of anilines is 1. The molecular formula is C72H101N17O26. The third kappa shape index (κ3) is 32.5. The monoisotopic (exact) mass is 1620 g/mol. The number of rotatable bonds is 35. The Morgan fingerprint density at radius 1 is 0.574 bits per heavy atom. The number of carbonyl (C=O) groups excluding carboxylic acids is 2. The Bertz CT molecular complexity index is 4260. The number of ketones is 1. The summed E-state index contributed by atoms with van der Waals surface area (Å²) in [5, 5.41) is 218. The third-order valence-corrected chi connectivity index (χ3v) is 17.1. The lowest BCUT2D eigenvalue weighted by molar-refractivity contribution is -0.150. The third-order valence-electron chi connectivity index (χ3n) is 17.1. The summed E-state index contributed by atoms with van der Waals surface area (Å²) < 4.78 is 5.72. The number of cyclic esters (lactones) is 1. The van der Waals surface area contributed by atoms with Crippen LogP contribution in [0.4, 0.5) is 5.69 Å². The molecule has 0 saturated heterocycles. The van der Waals surface area contributed by atoms with E-state index in [1.165, 1.54) is 24.3 Å². The van der Waals surface area contributed by atoms with Crippen LogP contribution in [-0.4, -0.2) is 319 Å². The minimum Gasteiger partial charge on any atom is -0.497 e. The molecule has 3 aromatic rings. The molecule has 1 aliphatic heterocycles. The predicted molar refractivity (Wildman–Crippen MR) is 426 cm³/mol. The van der Waals surface area contributed by atoms with Crippen molar-refractivity contribution >= 4 is 135 Å². The second-order valence-corrected chi connectivity index (χ2v) is 26.5. The molecule has 2 heterocycles. The number of aromatic amines is 1. The van der Waals surface area contributed by atoms with Crippen LogP contribution < -0.4 is 11.5 Å². The van der Waals surface area contributed by atoms with Crippen LogP contribution in [0.3, 0.4) is 0 Å². The maximum atomic E-state index is 14.9. The van der Waals surface area contributed by atoms with E-state index in [4.69, 9.17) is 21.6 Å². The van der Waals surface area contributed by atoms with E-state index in [9.17, 15) is 126 Å². The van der Waals surface area contributed by atoms with E-state index in [-0.39, 0.29) is 43.5 Å². The van der Waals surface area contributed by atoms with Crippen molar-refractivity contribution in [3.8, 4) is 0 Å². The molecule has 0 bridgehead atoms. The van der Waals surface area contributed by atoms with Crippen LogP contribution in [0.2, 0.25) is 0 Å². The van der Waals surface area contributed by atoms with E-state index < -0.39 is 255 Å². The molecule has 13 atom stereocenters. The molecule has 0 saturated carbocycles. The number of H-pyrrole nitrogens is 1. The number of nitrogens with one attached hydrogen (secondary N) is 2. The number of carboxylic acids is 4. The smallest absolute Gasteiger partial charge is 0.331 e. The van der Waals surface area contributed by atoms with Crippen molar-refractivity contribution in [2.24, 2.45) is 76.6 Å². The highest BCUT2D eigenvalue weighted by atomic mass is 16.5. The Balaban J connectivity index is 2.11. The highest BCUT2D eigenvalue weighted by Gasteiger charge is 2.37. The molecule has 2 aromatic carbocycles. The predicted octanol–water partition coefficient (Wildman–Crippen LogP) is 6.35. The number of aliphatic carboxylic acids is 4. The molecule has 0 aliphatic carbocycles. The number of hydrogen-bond acceptors (Lipinski definition) is 24. The zero-order valence-corrected chi connectivity index (χ0v) is 63.4. The van der Waals surface area contributed by atoms with Crippen LogP contribution in [0, 0.1) is 11.3 Å². The molecule has 0 amide bonds. The number of ether oxygens (including phenoxy) is 1. The number of aliphatic hydroxyl groups excluding tert-OH is 15. The molecule has 0 spiro atoms. The number of esters is 1. The summed E-state index contributed by atoms with van der Waals surface area (Å²) in [5.74, 6) is -27.5. The van der Waals surface area contributed by atoms with Gasteiger partial charge < -0.3 is 118 Å². The van der Waals surface area contributed by atoms with Crippen molar-refractivity contribution < 1.29 is 131 Å². The lowest BCUT2D eigenvalue weighted by Gasteiger charge is -2.24. The number of para-hydroxylation sites is 2. The number of aliphatic hydroxyl groups is 15. The number of fused-ring (bicyclic) bond motifs is 1. The van der Waals surface area contributed by atoms with Crippen LogP contribution in [0.15, 0.2) is 120 Å². The fourth-order valence-corrected chi connectivity index (χ4v) is 11.1. The van der Waals surface area contributed by atoms with E-state index in [0.29, 0.717) is 22.9 Å². The molecule has 43 heteroatoms. The van der Waals surface area contributed by atoms with E-state index >= 15 is 0 Å². The molecule has 43 nitrogen and oxygen atoms in total. The van der Waals surface area contributed by atoms with E-state index in [1.807, 2.05) is 0 Å². The van der Waals surface area contributed by atoms with Gasteiger partial charge in [0.2, 0.25) is 70.8 Å². The maximum absolute atomic E-state index is 14.9. The average molecular weight is 1620 g/mol. The first-order valence-electron chi connectivity index (χ1n) is 36.3. The molecule has 3 unspecified atom stereocenters. The van der Waals surface area contributed by atoms with Gasteiger partial charge in [0, 0.05) is 47.6 Å². The number of hydrogen-bond donors (Lipinski definition) is 23. The van der Waals surface area contributed by atoms with Gasteiger partial charge in [0.15, 0.2) is 35.7 Å². The molecule has 1 aliphatic rings. The number of Topliss-reactive ketones (excluding diaryl/α,β-unsaturated/α-hetero) is 1. The quantitative estimate of drug-likeness (QED) is 0.00761. The van der Waals surface area contributed by atoms with Gasteiger partial charge >= 0.3 is 29.8 Å². The minimum atomic E-state index is -2.42. The summed E-state index contributed by atoms with van der Waals surface area (Å²) in [6.45, 7) is 1.39. The zero-order valence-electron chi connectivity index (χ0n) is 63.4. The number of benzene rings is 2. The van der Waals surface area contributed by atoms with Crippen LogP contribution >= 0.6 is 0 Å². The first-order valence-corrected chi connectivity index (χ1v) is 36.3. The van der Waals surface area contributed by atoms with Crippen molar-refractivity contribution in [2.45, 2.75) is 209 Å². The normalized spacial score (nSPS) is 22.1. The molecular weight excluding hydrogens is 1520 g/mol. The van der Waals surface area contributed by atoms with Crippen molar-refractivity contribution in [3.05, 3.63) is 65.9 Å². The zero-order chi connectivity index (χ0) is 85.8. The summed E-state index contributed by atoms with van der Waals surface area (Å²) in [6.07, 6.45) is -1.59. The first-order chi connectivity index (χ1) is 54.4. The van der Waals surface area contributed by atoms with Gasteiger partial charge in [-0.1, -0.05) is 82.7 Å². The van der Waals surface area contributed by atoms with Gasteiger partial charge in [0.1, 0.15) is 67.5 Å². The second-order valence-electron chi connectivity index (χ2n) is 26.5. The van der Waals surface area contributed by atoms with Crippen LogP contribution in [0.1, 0.15) is 146 Å². The van der Waals surface area contributed by atoms with Gasteiger partial charge in [0.05, 0.1) is 38.7 Å². The van der Waals surface area contributed by atoms with Crippen molar-refractivity contribution in [1.29, 1.82) is 5.41 Å². The van der Waals surface area contributed by atoms with Crippen molar-refractivity contribution in [2.75, 3.05) is 32.0 Å². The molecule has 0 radical (unpaired) electrons. The summed E-state index contributed by atoms with van der Waals surface area (Å²) in [7, 11) is 0. The standard InChI is InChI=1S/C72H101N17O26/c1-5-6-7-8-9-10-11-22-53(93)81-44(25-38-31-76-42-20-15-13-17-39(38)42)66(108)84-45(27-52(75)92)67(109)86-48(30-59(102)103)68(110)89-61-37(4)115-72(114)49(26-51(91)40-18-12-14-19-41(40)74)87-71(113)60(35(2)24-56(96)97)88-69(111)50(34-90)82-55(95)32-77-63(105)46(28-57(98)99)83-62(104)36(3)79-65(107)47(29-58(100)101)85-64(106)43(21-16-23-73)80-54(94)33-78-70(61)112/h12-15,17-20,31,35-37,43-50,60-61,76,90H,5-11,16,21-30,32-34,73-74H2,1-4H3,(H2,75,92)(H,77,105)(H,78,112)(H,79,107)(H,80,94)(H,81,93)(H,82,95)(H,83,104)(H,84,108)(H,85,106)(H,86,109)(H,87,113)(H,88,111)(H,89,110)(H,96,97)(H,98,99)(H,100,101)(H,102,103)/t35-,36-,37-,43+,44+,45+,46?,47+,48+,49?,50-,60+,61?/m1/s1. The number of aromatic nitrogens is 1. The Labute approximate surface area is 657 Å². The van der Waals surface area contributed by atoms with Crippen molar-refractivity contribution in [3.63, 3.8) is 0 Å². The first kappa shape index (κ1) is 94.7. The number of carboxylic acid groups (broad SMARTS) is 4. The lowest BCUT2D eigenvalue weighted by atomic mass is 9.97. The summed E-state index contributed by atoms with van der Waals surface area (Å²) in [5.41, 5.74) is 12.7. The molecule has 630 valence electrons. The Morgan fingerprint density at radius 3 is 1.71 bits per heavy atom. The molecule has 0 fully saturated rings. The Kier molecular flexibility index (Phi) is 39.2. The fourth-order valence-electron chi connectivity index (χ4n) is 11.1. The van der Waals surface area contributed by atoms with Gasteiger partial charge in [-0.3, -0.25) is 29.4 Å². The Morgan fingerprint density at radius 2 is 1.11 bits per heavy atom. The second kappa shape index (κ2) is 47.6. The van der Waals surface area contributed by atoms with Crippen molar-refractivity contribution in [1.82, 2.24) is 4.98 Å². The number of nitrogen functional groups attached to an aromatic ring is 1. The largest absolute Gasteiger partial charge is 0.497 e. The topological polar surface area (TPSA) is 748 Å². The van der Waals surface area contributed by atoms with Crippen LogP contribution in [0.25, 0.3) is 10.9 Å². The molecule has 4 rings (SSSR count). The number of nitrogens with two attached hydrogens (primary N) is 2. The number of unbranched alkanes of at least 4 members (excludes halogenated alkanes) is 6. The van der Waals surface area contributed by atoms with Gasteiger partial charge in [-0.25, -0.2) is 69.7 Å². The average Bonchev–Trinajstić information content (AvgIpc) is 1.72. The minimum absolute atomic E-state index is 0.0508. The van der Waals surface area contributed by atoms with Crippen LogP contribution in [-0.2, 0) is 35.1 Å². The Hall–Kier alpha value is -12.7. The SMILES string of the molecule is CCCCCCCCCC(O)=N[C@@H](Cc1c[nH]c2ccccc12)C(O)=N[C@@H](CC(=N)O)C(O)=N[C@@H](CC(=O)O)C(O)=NC1C(O)=NCC(O)=N[C@@H](CCCN)C(O)=N[C@@H](CC(=O)O)C(O)=N[C@H](C)C(O)=NC(CC(=O)O)C(O)=NCC(O)=N[C@H](CO)C(O)=N[C@@H]([C@H](C)CC(=O)O)C(O)=NC(CC(=O)c2ccccc2N)C(=O)O[C@@H]1C. The highest BCUT2D eigenvalue weighted by Crippen LogP contribution is 2.25. The van der Waals surface area contributed by atoms with Gasteiger partial charge in [-0.05, 0) is 69.3 Å². The molecule has 115 heavy (non-hydrogen) atoms. The van der Waals surface area contributed by atoms with Gasteiger partial charge in [0.25, 0.3) is 0 Å².